The smallest absolute Gasteiger partial charge is 0.138 e. The van der Waals surface area contributed by atoms with Crippen molar-refractivity contribution in [1.82, 2.24) is 4.90 Å². The topological polar surface area (TPSA) is 32.7 Å². The predicted molar refractivity (Wildman–Crippen MR) is 78.3 cm³/mol. The largest absolute Gasteiger partial charge is 0.489 e. The van der Waals surface area contributed by atoms with Crippen LogP contribution in [-0.4, -0.2) is 42.4 Å². The van der Waals surface area contributed by atoms with Gasteiger partial charge in [0, 0.05) is 11.6 Å². The molecule has 0 aromatic heterocycles. The Morgan fingerprint density at radius 1 is 1.21 bits per heavy atom. The summed E-state index contributed by atoms with van der Waals surface area (Å²) < 4.78 is 5.53. The molecule has 1 fully saturated rings. The Labute approximate surface area is 124 Å². The molecule has 1 unspecified atom stereocenters. The minimum absolute atomic E-state index is 0.248. The van der Waals surface area contributed by atoms with Crippen molar-refractivity contribution in [1.29, 1.82) is 0 Å². The third-order valence-corrected chi connectivity index (χ3v) is 3.77. The van der Waals surface area contributed by atoms with Gasteiger partial charge in [0.05, 0.1) is 5.02 Å². The van der Waals surface area contributed by atoms with Crippen LogP contribution in [0.1, 0.15) is 19.3 Å². The molecule has 1 aromatic carbocycles. The average molecular weight is 304 g/mol. The molecule has 19 heavy (non-hydrogen) atoms. The van der Waals surface area contributed by atoms with Gasteiger partial charge in [-0.1, -0.05) is 29.6 Å². The van der Waals surface area contributed by atoms with Crippen LogP contribution in [0.3, 0.4) is 0 Å². The molecular weight excluding hydrogens is 285 g/mol. The van der Waals surface area contributed by atoms with Crippen molar-refractivity contribution >= 4 is 23.2 Å². The van der Waals surface area contributed by atoms with Crippen molar-refractivity contribution < 1.29 is 9.84 Å². The highest BCUT2D eigenvalue weighted by atomic mass is 35.5. The number of aliphatic hydroxyl groups is 1. The monoisotopic (exact) mass is 303 g/mol. The Hall–Kier alpha value is -0.480. The van der Waals surface area contributed by atoms with E-state index in [1.54, 1.807) is 18.2 Å². The summed E-state index contributed by atoms with van der Waals surface area (Å²) in [6.07, 6.45) is 3.24. The first-order valence-electron chi connectivity index (χ1n) is 6.63. The molecule has 1 aliphatic heterocycles. The second kappa shape index (κ2) is 7.34. The van der Waals surface area contributed by atoms with Crippen LogP contribution in [0, 0.1) is 0 Å². The summed E-state index contributed by atoms with van der Waals surface area (Å²) in [6.45, 7) is 3.04. The number of hydrogen-bond donors (Lipinski definition) is 1. The minimum Gasteiger partial charge on any atom is -0.489 e. The molecular formula is C14H19Cl2NO2. The lowest BCUT2D eigenvalue weighted by molar-refractivity contribution is 0.0617. The first-order valence-corrected chi connectivity index (χ1v) is 7.39. The predicted octanol–water partition coefficient (Wildman–Crippen LogP) is 3.22. The van der Waals surface area contributed by atoms with Gasteiger partial charge in [0.15, 0.2) is 0 Å². The molecule has 5 heteroatoms. The van der Waals surface area contributed by atoms with Gasteiger partial charge in [0.25, 0.3) is 0 Å². The van der Waals surface area contributed by atoms with E-state index in [1.165, 1.54) is 19.3 Å². The summed E-state index contributed by atoms with van der Waals surface area (Å²) in [4.78, 5) is 2.28. The van der Waals surface area contributed by atoms with E-state index in [0.29, 0.717) is 22.3 Å². The molecule has 0 saturated carbocycles. The van der Waals surface area contributed by atoms with Gasteiger partial charge in [-0.05, 0) is 44.1 Å². The van der Waals surface area contributed by atoms with E-state index in [1.807, 2.05) is 0 Å². The zero-order chi connectivity index (χ0) is 13.7. The third kappa shape index (κ3) is 4.84. The number of β-amino-alcohol motifs (C(OH)–C–C–N with tert-alkyl or cyclic N) is 1. The van der Waals surface area contributed by atoms with Gasteiger partial charge in [-0.25, -0.2) is 0 Å². The van der Waals surface area contributed by atoms with E-state index in [-0.39, 0.29) is 6.61 Å². The van der Waals surface area contributed by atoms with Gasteiger partial charge in [-0.2, -0.15) is 0 Å². The second-order valence-corrected chi connectivity index (χ2v) is 5.74. The van der Waals surface area contributed by atoms with Crippen LogP contribution >= 0.6 is 23.2 Å². The van der Waals surface area contributed by atoms with E-state index in [2.05, 4.69) is 4.90 Å². The van der Waals surface area contributed by atoms with Gasteiger partial charge < -0.3 is 14.7 Å². The highest BCUT2D eigenvalue weighted by Crippen LogP contribution is 2.27. The van der Waals surface area contributed by atoms with Gasteiger partial charge >= 0.3 is 0 Å². The first kappa shape index (κ1) is 14.9. The van der Waals surface area contributed by atoms with Crippen LogP contribution < -0.4 is 4.74 Å². The maximum absolute atomic E-state index is 9.97. The van der Waals surface area contributed by atoms with Gasteiger partial charge in [-0.3, -0.25) is 0 Å². The molecule has 1 heterocycles. The molecule has 1 aliphatic rings. The summed E-state index contributed by atoms with van der Waals surface area (Å²) in [6, 6.07) is 5.08. The lowest BCUT2D eigenvalue weighted by Gasteiger charge is -2.28. The quantitative estimate of drug-likeness (QED) is 0.906. The Morgan fingerprint density at radius 2 is 1.95 bits per heavy atom. The van der Waals surface area contributed by atoms with E-state index in [0.717, 1.165) is 13.1 Å². The Morgan fingerprint density at radius 3 is 2.63 bits per heavy atom. The summed E-state index contributed by atoms with van der Waals surface area (Å²) in [5.41, 5.74) is 0. The number of piperidine rings is 1. The van der Waals surface area contributed by atoms with Crippen molar-refractivity contribution in [2.24, 2.45) is 0 Å². The Kier molecular flexibility index (Phi) is 5.76. The summed E-state index contributed by atoms with van der Waals surface area (Å²) >= 11 is 11.8. The average Bonchev–Trinajstić information content (AvgIpc) is 2.39. The Balaban J connectivity index is 1.77. The van der Waals surface area contributed by atoms with E-state index < -0.39 is 6.10 Å². The van der Waals surface area contributed by atoms with Crippen molar-refractivity contribution in [3.8, 4) is 5.75 Å². The highest BCUT2D eigenvalue weighted by molar-refractivity contribution is 6.35. The molecule has 3 nitrogen and oxygen atoms in total. The number of aliphatic hydroxyl groups excluding tert-OH is 1. The van der Waals surface area contributed by atoms with Crippen LogP contribution in [0.15, 0.2) is 18.2 Å². The summed E-state index contributed by atoms with van der Waals surface area (Å²) in [7, 11) is 0. The maximum Gasteiger partial charge on any atom is 0.138 e. The fraction of sp³-hybridized carbons (Fsp3) is 0.571. The van der Waals surface area contributed by atoms with E-state index >= 15 is 0 Å². The molecule has 1 atom stereocenters. The number of benzene rings is 1. The van der Waals surface area contributed by atoms with Crippen LogP contribution in [-0.2, 0) is 0 Å². The van der Waals surface area contributed by atoms with Crippen LogP contribution in [0.2, 0.25) is 10.0 Å². The normalized spacial score (nSPS) is 18.3. The van der Waals surface area contributed by atoms with E-state index in [4.69, 9.17) is 27.9 Å². The van der Waals surface area contributed by atoms with Gasteiger partial charge in [-0.15, -0.1) is 0 Å². The molecule has 2 rings (SSSR count). The first-order chi connectivity index (χ1) is 9.15. The molecule has 0 radical (unpaired) electrons. The molecule has 0 amide bonds. The zero-order valence-corrected chi connectivity index (χ0v) is 12.3. The molecule has 0 aliphatic carbocycles. The SMILES string of the molecule is OC(COc1ccc(Cl)cc1Cl)CN1CCCCC1. The minimum atomic E-state index is -0.496. The number of halogens is 2. The molecule has 106 valence electrons. The van der Waals surface area contributed by atoms with Gasteiger partial charge in [0.2, 0.25) is 0 Å². The van der Waals surface area contributed by atoms with Crippen molar-refractivity contribution in [3.05, 3.63) is 28.2 Å². The second-order valence-electron chi connectivity index (χ2n) is 4.90. The van der Waals surface area contributed by atoms with Crippen molar-refractivity contribution in [2.45, 2.75) is 25.4 Å². The van der Waals surface area contributed by atoms with Crippen molar-refractivity contribution in [3.63, 3.8) is 0 Å². The molecule has 0 spiro atoms. The summed E-state index contributed by atoms with van der Waals surface area (Å²) in [5.74, 6) is 0.559. The number of rotatable bonds is 5. The number of ether oxygens (including phenoxy) is 1. The number of hydrogen-bond acceptors (Lipinski definition) is 3. The van der Waals surface area contributed by atoms with Crippen LogP contribution in [0.4, 0.5) is 0 Å². The Bertz CT molecular complexity index is 408. The maximum atomic E-state index is 9.97. The highest BCUT2D eigenvalue weighted by Gasteiger charge is 2.15. The fourth-order valence-corrected chi connectivity index (χ4v) is 2.73. The standard InChI is InChI=1S/C14H19Cl2NO2/c15-11-4-5-14(13(16)8-11)19-10-12(18)9-17-6-2-1-3-7-17/h4-5,8,12,18H,1-3,6-7,9-10H2. The van der Waals surface area contributed by atoms with Crippen LogP contribution in [0.5, 0.6) is 5.75 Å². The third-order valence-electron chi connectivity index (χ3n) is 3.24. The van der Waals surface area contributed by atoms with E-state index in [9.17, 15) is 5.11 Å². The number of likely N-dealkylation sites (tertiary alicyclic amines) is 1. The fourth-order valence-electron chi connectivity index (χ4n) is 2.27. The lowest BCUT2D eigenvalue weighted by atomic mass is 10.1. The zero-order valence-electron chi connectivity index (χ0n) is 10.8. The molecule has 0 bridgehead atoms. The van der Waals surface area contributed by atoms with Crippen molar-refractivity contribution in [2.75, 3.05) is 26.2 Å². The lowest BCUT2D eigenvalue weighted by Crippen LogP contribution is -2.38. The molecule has 1 saturated heterocycles. The number of nitrogens with zero attached hydrogens (tertiary/aromatic N) is 1. The van der Waals surface area contributed by atoms with Gasteiger partial charge in [0.1, 0.15) is 18.5 Å². The summed E-state index contributed by atoms with van der Waals surface area (Å²) in [5, 5.41) is 11.0. The molecule has 1 aromatic rings. The van der Waals surface area contributed by atoms with Crippen LogP contribution in [0.25, 0.3) is 0 Å². The molecule has 1 N–H and O–H groups in total.